The molecule has 0 radical (unpaired) electrons. The van der Waals surface area contributed by atoms with E-state index in [1.165, 1.54) is 6.92 Å². The monoisotopic (exact) mass is 494 g/mol. The number of anilines is 2. The van der Waals surface area contributed by atoms with Gasteiger partial charge < -0.3 is 25.1 Å². The summed E-state index contributed by atoms with van der Waals surface area (Å²) in [6.45, 7) is 5.46. The van der Waals surface area contributed by atoms with Crippen LogP contribution in [0, 0.1) is 0 Å². The molecule has 2 aromatic heterocycles. The van der Waals surface area contributed by atoms with Crippen molar-refractivity contribution in [1.29, 1.82) is 0 Å². The van der Waals surface area contributed by atoms with Crippen LogP contribution >= 0.6 is 0 Å². The number of ether oxygens (including phenoxy) is 1. The molecule has 1 aromatic carbocycles. The van der Waals surface area contributed by atoms with Gasteiger partial charge in [0.15, 0.2) is 11.5 Å². The topological polar surface area (TPSA) is 127 Å². The lowest BCUT2D eigenvalue weighted by Gasteiger charge is -2.30. The number of benzene rings is 1. The largest absolute Gasteiger partial charge is 0.378 e. The Kier molecular flexibility index (Phi) is 6.96. The molecule has 2 fully saturated rings. The fourth-order valence-corrected chi connectivity index (χ4v) is 4.58. The summed E-state index contributed by atoms with van der Waals surface area (Å²) >= 11 is 0. The minimum Gasteiger partial charge on any atom is -0.378 e. The van der Waals surface area contributed by atoms with Crippen LogP contribution < -0.4 is 15.5 Å². The highest BCUT2D eigenvalue weighted by molar-refractivity contribution is 5.90. The Morgan fingerprint density at radius 3 is 2.44 bits per heavy atom. The van der Waals surface area contributed by atoms with Gasteiger partial charge in [0.25, 0.3) is 0 Å². The Hall–Kier alpha value is -3.77. The average Bonchev–Trinajstić information content (AvgIpc) is 3.33. The van der Waals surface area contributed by atoms with Gasteiger partial charge in [-0.05, 0) is 37.1 Å². The number of aromatic nitrogens is 4. The van der Waals surface area contributed by atoms with Crippen LogP contribution in [0.1, 0.15) is 25.8 Å². The number of piperidine rings is 1. The van der Waals surface area contributed by atoms with Crippen LogP contribution in [0.2, 0.25) is 0 Å². The molecule has 0 unspecified atom stereocenters. The third kappa shape index (κ3) is 5.09. The molecule has 0 bridgehead atoms. The molecule has 5 rings (SSSR count). The van der Waals surface area contributed by atoms with E-state index in [4.69, 9.17) is 24.6 Å². The van der Waals surface area contributed by atoms with Gasteiger partial charge in [0, 0.05) is 51.4 Å². The van der Waals surface area contributed by atoms with Crippen molar-refractivity contribution in [1.82, 2.24) is 30.1 Å². The maximum Gasteiger partial charge on any atom is 0.322 e. The zero-order valence-corrected chi connectivity index (χ0v) is 20.4. The standard InChI is InChI=1S/C24H30N8O4/c1-16(33)36-31-9-7-19(8-10-31)32-23-20(15-26-32)22(30-11-13-35-14-12-30)28-21(29-23)17-3-5-18(6-4-17)27-24(34)25-2/h3-6,15,19H,7-14H2,1-2H3,(H2,25,27,34). The summed E-state index contributed by atoms with van der Waals surface area (Å²) in [5.74, 6) is 1.13. The number of urea groups is 1. The fourth-order valence-electron chi connectivity index (χ4n) is 4.58. The van der Waals surface area contributed by atoms with Crippen LogP contribution in [0.3, 0.4) is 0 Å². The predicted molar refractivity (Wildman–Crippen MR) is 133 cm³/mol. The van der Waals surface area contributed by atoms with Crippen LogP contribution in [-0.2, 0) is 14.4 Å². The van der Waals surface area contributed by atoms with Gasteiger partial charge in [-0.2, -0.15) is 5.10 Å². The molecule has 2 amide bonds. The Bertz CT molecular complexity index is 1230. The number of hydrogen-bond acceptors (Lipinski definition) is 9. The van der Waals surface area contributed by atoms with Crippen molar-refractivity contribution in [3.8, 4) is 11.4 Å². The Balaban J connectivity index is 1.49. The van der Waals surface area contributed by atoms with Crippen LogP contribution in [0.15, 0.2) is 30.5 Å². The van der Waals surface area contributed by atoms with E-state index in [1.54, 1.807) is 12.1 Å². The van der Waals surface area contributed by atoms with Crippen LogP contribution in [0.4, 0.5) is 16.3 Å². The number of nitrogens with zero attached hydrogens (tertiary/aromatic N) is 6. The van der Waals surface area contributed by atoms with E-state index in [9.17, 15) is 9.59 Å². The zero-order valence-electron chi connectivity index (χ0n) is 20.4. The van der Waals surface area contributed by atoms with E-state index in [2.05, 4.69) is 15.5 Å². The highest BCUT2D eigenvalue weighted by atomic mass is 16.7. The summed E-state index contributed by atoms with van der Waals surface area (Å²) in [6, 6.07) is 7.30. The molecule has 0 saturated carbocycles. The molecule has 12 nitrogen and oxygen atoms in total. The van der Waals surface area contributed by atoms with E-state index in [0.29, 0.717) is 37.8 Å². The van der Waals surface area contributed by atoms with E-state index < -0.39 is 0 Å². The molecule has 4 heterocycles. The Morgan fingerprint density at radius 2 is 1.78 bits per heavy atom. The minimum atomic E-state index is -0.304. The smallest absolute Gasteiger partial charge is 0.322 e. The first-order valence-electron chi connectivity index (χ1n) is 12.1. The van der Waals surface area contributed by atoms with E-state index in [-0.39, 0.29) is 18.0 Å². The number of nitrogens with one attached hydrogen (secondary N) is 2. The van der Waals surface area contributed by atoms with Gasteiger partial charge in [-0.3, -0.25) is 4.79 Å². The van der Waals surface area contributed by atoms with E-state index in [0.717, 1.165) is 48.3 Å². The van der Waals surface area contributed by atoms with Crippen LogP contribution in [0.5, 0.6) is 0 Å². The van der Waals surface area contributed by atoms with E-state index >= 15 is 0 Å². The molecule has 2 aliphatic heterocycles. The van der Waals surface area contributed by atoms with Gasteiger partial charge in [0.1, 0.15) is 5.82 Å². The van der Waals surface area contributed by atoms with Crippen molar-refractivity contribution in [2.24, 2.45) is 0 Å². The highest BCUT2D eigenvalue weighted by Gasteiger charge is 2.27. The number of morpholine rings is 1. The number of carbonyl (C=O) groups is 2. The molecular formula is C24H30N8O4. The fraction of sp³-hybridized carbons (Fsp3) is 0.458. The number of hydroxylamine groups is 2. The average molecular weight is 495 g/mol. The second-order valence-corrected chi connectivity index (χ2v) is 8.82. The molecule has 0 atom stereocenters. The highest BCUT2D eigenvalue weighted by Crippen LogP contribution is 2.32. The van der Waals surface area contributed by atoms with Crippen molar-refractivity contribution in [2.75, 3.05) is 56.7 Å². The number of rotatable bonds is 5. The summed E-state index contributed by atoms with van der Waals surface area (Å²) in [5.41, 5.74) is 2.29. The van der Waals surface area contributed by atoms with Gasteiger partial charge in [-0.25, -0.2) is 19.4 Å². The quantitative estimate of drug-likeness (QED) is 0.549. The van der Waals surface area contributed by atoms with Gasteiger partial charge in [0.2, 0.25) is 0 Å². The lowest BCUT2D eigenvalue weighted by molar-refractivity contribution is -0.193. The lowest BCUT2D eigenvalue weighted by atomic mass is 10.1. The van der Waals surface area contributed by atoms with Crippen molar-refractivity contribution in [2.45, 2.75) is 25.8 Å². The third-order valence-electron chi connectivity index (χ3n) is 6.40. The molecule has 190 valence electrons. The second-order valence-electron chi connectivity index (χ2n) is 8.82. The maximum absolute atomic E-state index is 11.6. The molecule has 12 heteroatoms. The maximum atomic E-state index is 11.6. The van der Waals surface area contributed by atoms with Gasteiger partial charge >= 0.3 is 12.0 Å². The predicted octanol–water partition coefficient (Wildman–Crippen LogP) is 2.20. The first-order valence-corrected chi connectivity index (χ1v) is 12.1. The molecule has 0 spiro atoms. The van der Waals surface area contributed by atoms with Crippen molar-refractivity contribution < 1.29 is 19.2 Å². The molecule has 2 aliphatic rings. The molecule has 2 saturated heterocycles. The summed E-state index contributed by atoms with van der Waals surface area (Å²) in [6.07, 6.45) is 3.42. The lowest BCUT2D eigenvalue weighted by Crippen LogP contribution is -2.37. The van der Waals surface area contributed by atoms with Crippen molar-refractivity contribution in [3.63, 3.8) is 0 Å². The third-order valence-corrected chi connectivity index (χ3v) is 6.40. The normalized spacial score (nSPS) is 17.2. The van der Waals surface area contributed by atoms with Crippen LogP contribution in [-0.4, -0.2) is 83.3 Å². The van der Waals surface area contributed by atoms with Crippen LogP contribution in [0.25, 0.3) is 22.4 Å². The second kappa shape index (κ2) is 10.5. The van der Waals surface area contributed by atoms with Gasteiger partial charge in [0.05, 0.1) is 30.8 Å². The Morgan fingerprint density at radius 1 is 1.06 bits per heavy atom. The van der Waals surface area contributed by atoms with Crippen molar-refractivity contribution in [3.05, 3.63) is 30.5 Å². The first-order chi connectivity index (χ1) is 17.5. The summed E-state index contributed by atoms with van der Waals surface area (Å²) in [4.78, 5) is 40.3. The zero-order chi connectivity index (χ0) is 25.1. The van der Waals surface area contributed by atoms with Crippen molar-refractivity contribution >= 4 is 34.5 Å². The number of hydrogen-bond donors (Lipinski definition) is 2. The SMILES string of the molecule is CNC(=O)Nc1ccc(-c2nc(N3CCOCC3)c3cnn(C4CCN(OC(C)=O)CC4)c3n2)cc1. The molecule has 36 heavy (non-hydrogen) atoms. The first kappa shape index (κ1) is 23.9. The summed E-state index contributed by atoms with van der Waals surface area (Å²) in [7, 11) is 1.57. The number of carbonyl (C=O) groups excluding carboxylic acids is 2. The Labute approximate surface area is 208 Å². The summed E-state index contributed by atoms with van der Waals surface area (Å²) < 4.78 is 7.54. The number of fused-ring (bicyclic) bond motifs is 1. The molecular weight excluding hydrogens is 464 g/mol. The van der Waals surface area contributed by atoms with Gasteiger partial charge in [-0.15, -0.1) is 5.06 Å². The molecule has 2 N–H and O–H groups in total. The van der Waals surface area contributed by atoms with Gasteiger partial charge in [-0.1, -0.05) is 0 Å². The minimum absolute atomic E-state index is 0.133. The summed E-state index contributed by atoms with van der Waals surface area (Å²) in [5, 5.41) is 12.6. The number of amides is 2. The molecule has 3 aromatic rings. The van der Waals surface area contributed by atoms with E-state index in [1.807, 2.05) is 35.1 Å². The molecule has 0 aliphatic carbocycles.